The van der Waals surface area contributed by atoms with Crippen LogP contribution in [0.5, 0.6) is 0 Å². The normalized spacial score (nSPS) is 24.9. The number of hydrogen-bond acceptors (Lipinski definition) is 5. The monoisotopic (exact) mass is 306 g/mol. The molecule has 0 aromatic carbocycles. The third kappa shape index (κ3) is 5.09. The quantitative estimate of drug-likeness (QED) is 0.603. The summed E-state index contributed by atoms with van der Waals surface area (Å²) in [7, 11) is -3.26. The van der Waals surface area contributed by atoms with Gasteiger partial charge in [0.15, 0.2) is 0 Å². The molecular weight excluding hydrogens is 284 g/mol. The lowest BCUT2D eigenvalue weighted by Gasteiger charge is -2.33. The second-order valence-electron chi connectivity index (χ2n) is 5.62. The number of nitrogens with one attached hydrogen (secondary N) is 2. The van der Waals surface area contributed by atoms with E-state index in [2.05, 4.69) is 10.6 Å². The van der Waals surface area contributed by atoms with E-state index in [1.807, 2.05) is 0 Å². The summed E-state index contributed by atoms with van der Waals surface area (Å²) in [4.78, 5) is 23.3. The molecule has 0 aromatic rings. The van der Waals surface area contributed by atoms with E-state index in [0.29, 0.717) is 13.0 Å². The van der Waals surface area contributed by atoms with Crippen molar-refractivity contribution in [1.82, 2.24) is 10.6 Å². The van der Waals surface area contributed by atoms with E-state index in [1.54, 1.807) is 6.92 Å². The second-order valence-corrected chi connectivity index (χ2v) is 7.88. The molecule has 7 nitrogen and oxygen atoms in total. The summed E-state index contributed by atoms with van der Waals surface area (Å²) in [5, 5.41) is 14.6. The first-order valence-electron chi connectivity index (χ1n) is 6.56. The van der Waals surface area contributed by atoms with Crippen molar-refractivity contribution in [3.8, 4) is 0 Å². The van der Waals surface area contributed by atoms with Gasteiger partial charge >= 0.3 is 5.97 Å². The summed E-state index contributed by atoms with van der Waals surface area (Å²) >= 11 is 0. The zero-order valence-electron chi connectivity index (χ0n) is 11.8. The van der Waals surface area contributed by atoms with E-state index in [9.17, 15) is 18.0 Å². The van der Waals surface area contributed by atoms with E-state index < -0.39 is 27.3 Å². The molecule has 0 radical (unpaired) electrons. The first-order chi connectivity index (χ1) is 9.14. The molecule has 0 aromatic heterocycles. The summed E-state index contributed by atoms with van der Waals surface area (Å²) in [5.41, 5.74) is -0.642. The van der Waals surface area contributed by atoms with E-state index in [0.717, 1.165) is 19.2 Å². The highest BCUT2D eigenvalue weighted by atomic mass is 32.2. The smallest absolute Gasteiger partial charge is 0.326 e. The number of amides is 1. The maximum Gasteiger partial charge on any atom is 0.326 e. The van der Waals surface area contributed by atoms with Gasteiger partial charge in [0.2, 0.25) is 5.91 Å². The van der Waals surface area contributed by atoms with Gasteiger partial charge in [0.25, 0.3) is 0 Å². The molecule has 1 aliphatic rings. The van der Waals surface area contributed by atoms with Crippen LogP contribution in [0.2, 0.25) is 0 Å². The van der Waals surface area contributed by atoms with Crippen molar-refractivity contribution >= 4 is 21.7 Å². The number of carbonyl (C=O) groups excluding carboxylic acids is 1. The minimum Gasteiger partial charge on any atom is -0.480 e. The zero-order valence-corrected chi connectivity index (χ0v) is 12.6. The first kappa shape index (κ1) is 16.9. The predicted octanol–water partition coefficient (Wildman–Crippen LogP) is -0.620. The maximum atomic E-state index is 12.2. The molecule has 0 saturated carbocycles. The third-order valence-electron chi connectivity index (χ3n) is 3.53. The van der Waals surface area contributed by atoms with Crippen molar-refractivity contribution in [3.63, 3.8) is 0 Å². The molecule has 0 aliphatic carbocycles. The van der Waals surface area contributed by atoms with Gasteiger partial charge in [0, 0.05) is 12.8 Å². The van der Waals surface area contributed by atoms with Crippen LogP contribution in [0.3, 0.4) is 0 Å². The standard InChI is InChI=1S/C12H22N2O5S/c1-12(5-3-6-13-8-12)11(17)14-9(10(15)16)4-7-20(2,18)19/h9,13H,3-8H2,1-2H3,(H,14,17)(H,15,16). The third-order valence-corrected chi connectivity index (χ3v) is 4.50. The first-order valence-corrected chi connectivity index (χ1v) is 8.62. The Morgan fingerprint density at radius 2 is 2.10 bits per heavy atom. The highest BCUT2D eigenvalue weighted by molar-refractivity contribution is 7.90. The lowest BCUT2D eigenvalue weighted by Crippen LogP contribution is -2.53. The van der Waals surface area contributed by atoms with Gasteiger partial charge in [-0.05, 0) is 32.7 Å². The Balaban J connectivity index is 2.65. The molecule has 116 valence electrons. The molecule has 8 heteroatoms. The van der Waals surface area contributed by atoms with Crippen LogP contribution in [-0.4, -0.2) is 56.5 Å². The van der Waals surface area contributed by atoms with Gasteiger partial charge in [-0.2, -0.15) is 0 Å². The van der Waals surface area contributed by atoms with E-state index in [4.69, 9.17) is 5.11 Å². The van der Waals surface area contributed by atoms with Crippen molar-refractivity contribution in [2.24, 2.45) is 5.41 Å². The Hall–Kier alpha value is -1.15. The van der Waals surface area contributed by atoms with Gasteiger partial charge in [-0.3, -0.25) is 4.79 Å². The Bertz CT molecular complexity index is 468. The molecule has 2 atom stereocenters. The molecule has 1 fully saturated rings. The van der Waals surface area contributed by atoms with Gasteiger partial charge < -0.3 is 15.7 Å². The number of sulfone groups is 1. The van der Waals surface area contributed by atoms with Crippen molar-refractivity contribution in [1.29, 1.82) is 0 Å². The SMILES string of the molecule is CC1(C(=O)NC(CCS(C)(=O)=O)C(=O)O)CCCNC1. The Morgan fingerprint density at radius 3 is 2.55 bits per heavy atom. The number of piperidine rings is 1. The van der Waals surface area contributed by atoms with Gasteiger partial charge in [-0.15, -0.1) is 0 Å². The average molecular weight is 306 g/mol. The molecule has 3 N–H and O–H groups in total. The van der Waals surface area contributed by atoms with Crippen LogP contribution < -0.4 is 10.6 Å². The van der Waals surface area contributed by atoms with Crippen LogP contribution in [-0.2, 0) is 19.4 Å². The Morgan fingerprint density at radius 1 is 1.45 bits per heavy atom. The molecule has 1 amide bonds. The minimum absolute atomic E-state index is 0.122. The van der Waals surface area contributed by atoms with Crippen LogP contribution in [0.15, 0.2) is 0 Å². The summed E-state index contributed by atoms with van der Waals surface area (Å²) in [5.74, 6) is -1.82. The fraction of sp³-hybridized carbons (Fsp3) is 0.833. The number of carboxylic acids is 1. The lowest BCUT2D eigenvalue weighted by atomic mass is 9.81. The van der Waals surface area contributed by atoms with Crippen molar-refractivity contribution in [2.45, 2.75) is 32.2 Å². The summed E-state index contributed by atoms with van der Waals surface area (Å²) in [6.07, 6.45) is 2.46. The van der Waals surface area contributed by atoms with Gasteiger partial charge in [0.05, 0.1) is 11.2 Å². The van der Waals surface area contributed by atoms with Gasteiger partial charge in [-0.1, -0.05) is 0 Å². The zero-order chi connectivity index (χ0) is 15.4. The predicted molar refractivity (Wildman–Crippen MR) is 74.1 cm³/mol. The van der Waals surface area contributed by atoms with Crippen LogP contribution in [0.4, 0.5) is 0 Å². The Labute approximate surface area is 119 Å². The van der Waals surface area contributed by atoms with Gasteiger partial charge in [0.1, 0.15) is 15.9 Å². The van der Waals surface area contributed by atoms with Crippen LogP contribution in [0, 0.1) is 5.41 Å². The van der Waals surface area contributed by atoms with Crippen LogP contribution in [0.1, 0.15) is 26.2 Å². The topological polar surface area (TPSA) is 113 Å². The van der Waals surface area contributed by atoms with E-state index in [1.165, 1.54) is 0 Å². The highest BCUT2D eigenvalue weighted by Crippen LogP contribution is 2.25. The molecule has 2 unspecified atom stereocenters. The molecule has 1 rings (SSSR count). The average Bonchev–Trinajstić information content (AvgIpc) is 2.33. The number of aliphatic carboxylic acids is 1. The molecule has 20 heavy (non-hydrogen) atoms. The minimum atomic E-state index is -3.26. The fourth-order valence-electron chi connectivity index (χ4n) is 2.17. The molecule has 1 heterocycles. The molecule has 1 saturated heterocycles. The number of carboxylic acid groups (broad SMARTS) is 1. The van der Waals surface area contributed by atoms with Crippen molar-refractivity contribution in [3.05, 3.63) is 0 Å². The van der Waals surface area contributed by atoms with Crippen molar-refractivity contribution in [2.75, 3.05) is 25.1 Å². The van der Waals surface area contributed by atoms with Crippen LogP contribution in [0.25, 0.3) is 0 Å². The van der Waals surface area contributed by atoms with Crippen molar-refractivity contribution < 1.29 is 23.1 Å². The molecular formula is C12H22N2O5S. The largest absolute Gasteiger partial charge is 0.480 e. The number of rotatable bonds is 6. The highest BCUT2D eigenvalue weighted by Gasteiger charge is 2.36. The van der Waals surface area contributed by atoms with E-state index >= 15 is 0 Å². The molecule has 0 bridgehead atoms. The fourth-order valence-corrected chi connectivity index (χ4v) is 2.84. The summed E-state index contributed by atoms with van der Waals surface area (Å²) in [6, 6.07) is -1.17. The second kappa shape index (κ2) is 6.53. The molecule has 1 aliphatic heterocycles. The van der Waals surface area contributed by atoms with Gasteiger partial charge in [-0.25, -0.2) is 13.2 Å². The van der Waals surface area contributed by atoms with E-state index in [-0.39, 0.29) is 18.1 Å². The number of carbonyl (C=O) groups is 2. The number of hydrogen-bond donors (Lipinski definition) is 3. The Kier molecular flexibility index (Phi) is 5.52. The summed E-state index contributed by atoms with van der Waals surface area (Å²) in [6.45, 7) is 3.13. The maximum absolute atomic E-state index is 12.2. The van der Waals surface area contributed by atoms with Crippen LogP contribution >= 0.6 is 0 Å². The lowest BCUT2D eigenvalue weighted by molar-refractivity contribution is -0.144. The molecule has 0 spiro atoms. The summed E-state index contributed by atoms with van der Waals surface area (Å²) < 4.78 is 22.2.